The Morgan fingerprint density at radius 3 is 2.23 bits per heavy atom. The monoisotopic (exact) mass is 551 g/mol. The molecule has 9 heteroatoms. The predicted molar refractivity (Wildman–Crippen MR) is 154 cm³/mol. The highest BCUT2D eigenvalue weighted by Gasteiger charge is 2.29. The third-order valence-corrected chi connectivity index (χ3v) is 8.96. The normalized spacial score (nSPS) is 14.9. The van der Waals surface area contributed by atoms with Crippen molar-refractivity contribution < 1.29 is 22.7 Å². The second-order valence-corrected chi connectivity index (χ2v) is 11.8. The summed E-state index contributed by atoms with van der Waals surface area (Å²) in [7, 11) is -1.17. The number of hydrogen-bond donors (Lipinski definition) is 1. The molecule has 1 fully saturated rings. The number of piperidine rings is 1. The summed E-state index contributed by atoms with van der Waals surface area (Å²) in [5.41, 5.74) is 2.52. The summed E-state index contributed by atoms with van der Waals surface area (Å²) in [5, 5.41) is 2.96. The van der Waals surface area contributed by atoms with Crippen molar-refractivity contribution in [3.8, 4) is 11.5 Å². The van der Waals surface area contributed by atoms with E-state index in [9.17, 15) is 13.2 Å². The number of anilines is 2. The lowest BCUT2D eigenvalue weighted by atomic mass is 9.98. The molecule has 208 valence electrons. The molecule has 1 atom stereocenters. The summed E-state index contributed by atoms with van der Waals surface area (Å²) in [5.74, 6) is 1.05. The van der Waals surface area contributed by atoms with Gasteiger partial charge in [0.05, 0.1) is 30.8 Å². The van der Waals surface area contributed by atoms with Gasteiger partial charge >= 0.3 is 0 Å². The van der Waals surface area contributed by atoms with Crippen molar-refractivity contribution in [3.63, 3.8) is 0 Å². The molecule has 1 heterocycles. The Balaban J connectivity index is 1.50. The van der Waals surface area contributed by atoms with Crippen molar-refractivity contribution in [1.82, 2.24) is 5.32 Å². The van der Waals surface area contributed by atoms with Crippen molar-refractivity contribution >= 4 is 27.3 Å². The molecular formula is C30H37N3O5S. The van der Waals surface area contributed by atoms with Crippen molar-refractivity contribution in [2.24, 2.45) is 5.92 Å². The molecule has 4 rings (SSSR count). The highest BCUT2D eigenvalue weighted by atomic mass is 32.2. The molecule has 1 N–H and O–H groups in total. The first kappa shape index (κ1) is 28.3. The van der Waals surface area contributed by atoms with Gasteiger partial charge in [0.2, 0.25) is 5.91 Å². The molecule has 0 aliphatic carbocycles. The molecule has 0 bridgehead atoms. The van der Waals surface area contributed by atoms with E-state index in [0.717, 1.165) is 28.9 Å². The minimum absolute atomic E-state index is 0.00690. The van der Waals surface area contributed by atoms with Gasteiger partial charge in [-0.05, 0) is 67.6 Å². The number of methoxy groups -OCH3 is 2. The van der Waals surface area contributed by atoms with Gasteiger partial charge in [0.15, 0.2) is 11.5 Å². The standard InChI is InChI=1S/C30H37N3O5S/c1-22-16-18-32(19-17-22)25-12-10-24(11-13-25)23(2)31-30(34)21-33(26-8-6-5-7-9-26)39(35,36)27-14-15-28(37-3)29(20-27)38-4/h5-15,20,22-23H,16-19,21H2,1-4H3,(H,31,34). The van der Waals surface area contributed by atoms with Gasteiger partial charge in [-0.25, -0.2) is 8.42 Å². The van der Waals surface area contributed by atoms with E-state index >= 15 is 0 Å². The largest absolute Gasteiger partial charge is 0.493 e. The summed E-state index contributed by atoms with van der Waals surface area (Å²) in [6, 6.07) is 20.9. The van der Waals surface area contributed by atoms with E-state index in [-0.39, 0.29) is 23.2 Å². The molecule has 8 nitrogen and oxygen atoms in total. The van der Waals surface area contributed by atoms with Crippen LogP contribution in [0.5, 0.6) is 11.5 Å². The van der Waals surface area contributed by atoms with Crippen LogP contribution in [0, 0.1) is 5.92 Å². The number of amides is 1. The number of rotatable bonds is 10. The zero-order chi connectivity index (χ0) is 28.0. The Morgan fingerprint density at radius 1 is 0.974 bits per heavy atom. The third-order valence-electron chi connectivity index (χ3n) is 7.19. The van der Waals surface area contributed by atoms with Crippen molar-refractivity contribution in [2.45, 2.75) is 37.6 Å². The molecule has 1 aliphatic rings. The van der Waals surface area contributed by atoms with E-state index in [1.54, 1.807) is 30.3 Å². The second kappa shape index (κ2) is 12.4. The summed E-state index contributed by atoms with van der Waals surface area (Å²) < 4.78 is 39.1. The lowest BCUT2D eigenvalue weighted by Crippen LogP contribution is -2.41. The van der Waals surface area contributed by atoms with Crippen LogP contribution >= 0.6 is 0 Å². The van der Waals surface area contributed by atoms with Crippen LogP contribution in [0.1, 0.15) is 38.3 Å². The predicted octanol–water partition coefficient (Wildman–Crippen LogP) is 5.01. The van der Waals surface area contributed by atoms with Crippen LogP contribution in [0.4, 0.5) is 11.4 Å². The van der Waals surface area contributed by atoms with Crippen LogP contribution in [-0.4, -0.2) is 48.2 Å². The van der Waals surface area contributed by atoms with Crippen LogP contribution in [0.2, 0.25) is 0 Å². The molecule has 1 amide bonds. The van der Waals surface area contributed by atoms with E-state index in [0.29, 0.717) is 11.4 Å². The van der Waals surface area contributed by atoms with Crippen LogP contribution in [0.25, 0.3) is 0 Å². The van der Waals surface area contributed by atoms with Crippen LogP contribution in [-0.2, 0) is 14.8 Å². The third kappa shape index (κ3) is 6.65. The maximum absolute atomic E-state index is 13.7. The van der Waals surface area contributed by atoms with Gasteiger partial charge in [-0.2, -0.15) is 0 Å². The summed E-state index contributed by atoms with van der Waals surface area (Å²) in [4.78, 5) is 15.6. The number of carbonyl (C=O) groups excluding carboxylic acids is 1. The van der Waals surface area contributed by atoms with Gasteiger partial charge in [-0.1, -0.05) is 37.3 Å². The number of sulfonamides is 1. The maximum Gasteiger partial charge on any atom is 0.264 e. The molecule has 0 aromatic heterocycles. The minimum atomic E-state index is -4.10. The average molecular weight is 552 g/mol. The number of hydrogen-bond acceptors (Lipinski definition) is 6. The van der Waals surface area contributed by atoms with Crippen molar-refractivity contribution in [1.29, 1.82) is 0 Å². The lowest BCUT2D eigenvalue weighted by molar-refractivity contribution is -0.120. The van der Waals surface area contributed by atoms with Gasteiger partial charge in [0, 0.05) is 24.8 Å². The number of nitrogens with zero attached hydrogens (tertiary/aromatic N) is 2. The van der Waals surface area contributed by atoms with E-state index in [1.165, 1.54) is 50.9 Å². The van der Waals surface area contributed by atoms with Gasteiger partial charge in [0.1, 0.15) is 6.54 Å². The number of carbonyl (C=O) groups is 1. The zero-order valence-electron chi connectivity index (χ0n) is 23.0. The quantitative estimate of drug-likeness (QED) is 0.381. The molecule has 1 aliphatic heterocycles. The Kier molecular flexibility index (Phi) is 9.01. The minimum Gasteiger partial charge on any atom is -0.493 e. The molecule has 0 spiro atoms. The number of ether oxygens (including phenoxy) is 2. The smallest absolute Gasteiger partial charge is 0.264 e. The number of para-hydroxylation sites is 1. The van der Waals surface area contributed by atoms with E-state index in [2.05, 4.69) is 29.3 Å². The van der Waals surface area contributed by atoms with Crippen molar-refractivity contribution in [3.05, 3.63) is 78.4 Å². The summed E-state index contributed by atoms with van der Waals surface area (Å²) in [6.07, 6.45) is 2.39. The SMILES string of the molecule is COc1ccc(S(=O)(=O)N(CC(=O)NC(C)c2ccc(N3CCC(C)CC3)cc2)c2ccccc2)cc1OC. The fraction of sp³-hybridized carbons (Fsp3) is 0.367. The second-order valence-electron chi connectivity index (χ2n) is 9.91. The van der Waals surface area contributed by atoms with E-state index in [1.807, 2.05) is 19.1 Å². The first-order valence-electron chi connectivity index (χ1n) is 13.2. The molecule has 0 radical (unpaired) electrons. The molecule has 0 saturated carbocycles. The Bertz CT molecular complexity index is 1360. The van der Waals surface area contributed by atoms with Crippen LogP contribution < -0.4 is 24.0 Å². The van der Waals surface area contributed by atoms with Crippen LogP contribution in [0.15, 0.2) is 77.7 Å². The van der Waals surface area contributed by atoms with E-state index in [4.69, 9.17) is 9.47 Å². The Hall–Kier alpha value is -3.72. The number of benzene rings is 3. The number of nitrogens with one attached hydrogen (secondary N) is 1. The molecule has 3 aromatic carbocycles. The molecule has 39 heavy (non-hydrogen) atoms. The van der Waals surface area contributed by atoms with Gasteiger partial charge in [0.25, 0.3) is 10.0 Å². The fourth-order valence-corrected chi connectivity index (χ4v) is 6.19. The fourth-order valence-electron chi connectivity index (χ4n) is 4.76. The van der Waals surface area contributed by atoms with E-state index < -0.39 is 15.9 Å². The zero-order valence-corrected chi connectivity index (χ0v) is 23.8. The first-order chi connectivity index (χ1) is 18.7. The summed E-state index contributed by atoms with van der Waals surface area (Å²) in [6.45, 7) is 5.91. The molecule has 3 aromatic rings. The lowest BCUT2D eigenvalue weighted by Gasteiger charge is -2.32. The molecule has 1 unspecified atom stereocenters. The molecular weight excluding hydrogens is 514 g/mol. The highest BCUT2D eigenvalue weighted by molar-refractivity contribution is 7.92. The van der Waals surface area contributed by atoms with Crippen molar-refractivity contribution in [2.75, 3.05) is 43.1 Å². The average Bonchev–Trinajstić information content (AvgIpc) is 2.96. The highest BCUT2D eigenvalue weighted by Crippen LogP contribution is 2.32. The van der Waals surface area contributed by atoms with Crippen LogP contribution in [0.3, 0.4) is 0 Å². The van der Waals surface area contributed by atoms with Gasteiger partial charge in [-0.3, -0.25) is 9.10 Å². The van der Waals surface area contributed by atoms with Gasteiger partial charge < -0.3 is 19.7 Å². The maximum atomic E-state index is 13.7. The Labute approximate surface area is 231 Å². The summed E-state index contributed by atoms with van der Waals surface area (Å²) >= 11 is 0. The van der Waals surface area contributed by atoms with Gasteiger partial charge in [-0.15, -0.1) is 0 Å². The first-order valence-corrected chi connectivity index (χ1v) is 14.6. The topological polar surface area (TPSA) is 88.2 Å². The molecule has 1 saturated heterocycles. The Morgan fingerprint density at radius 2 is 1.62 bits per heavy atom.